The molecule has 0 bridgehead atoms. The monoisotopic (exact) mass is 319 g/mol. The smallest absolute Gasteiger partial charge is 0.421 e. The van der Waals surface area contributed by atoms with Crippen LogP contribution in [0.25, 0.3) is 0 Å². The van der Waals surface area contributed by atoms with E-state index in [0.29, 0.717) is 6.42 Å². The Kier molecular flexibility index (Phi) is 6.83. The van der Waals surface area contributed by atoms with Crippen molar-refractivity contribution in [2.75, 3.05) is 13.2 Å². The lowest BCUT2D eigenvalue weighted by Gasteiger charge is -2.30. The Morgan fingerprint density at radius 2 is 1.91 bits per heavy atom. The summed E-state index contributed by atoms with van der Waals surface area (Å²) in [6.07, 6.45) is -4.41. The molecule has 0 spiro atoms. The maximum Gasteiger partial charge on any atom is 0.421 e. The number of alkyl halides is 3. The topological polar surface area (TPSA) is 58.6 Å². The molecule has 4 nitrogen and oxygen atoms in total. The van der Waals surface area contributed by atoms with Crippen molar-refractivity contribution in [3.63, 3.8) is 0 Å². The third kappa shape index (κ3) is 5.65. The van der Waals surface area contributed by atoms with E-state index in [-0.39, 0.29) is 13.0 Å². The molecule has 0 saturated carbocycles. The molecule has 0 heterocycles. The molecule has 1 unspecified atom stereocenters. The van der Waals surface area contributed by atoms with Crippen LogP contribution in [-0.4, -0.2) is 36.0 Å². The molecule has 2 N–H and O–H groups in total. The van der Waals surface area contributed by atoms with Crippen molar-refractivity contribution in [3.8, 4) is 0 Å². The molecule has 1 aromatic carbocycles. The average molecular weight is 319 g/mol. The zero-order chi connectivity index (χ0) is 16.6. The molecule has 0 saturated heterocycles. The number of aliphatic hydroxyl groups is 1. The molecular weight excluding hydrogens is 299 g/mol. The molecule has 0 aliphatic carbocycles. The van der Waals surface area contributed by atoms with Crippen LogP contribution in [0.3, 0.4) is 0 Å². The summed E-state index contributed by atoms with van der Waals surface area (Å²) in [6.45, 7) is 0.00267. The number of halogens is 3. The lowest BCUT2D eigenvalue weighted by atomic mass is 10.0. The van der Waals surface area contributed by atoms with Crippen LogP contribution in [0.1, 0.15) is 25.3 Å². The van der Waals surface area contributed by atoms with Crippen molar-refractivity contribution in [3.05, 3.63) is 35.9 Å². The van der Waals surface area contributed by atoms with Crippen LogP contribution in [0.5, 0.6) is 0 Å². The zero-order valence-corrected chi connectivity index (χ0v) is 12.3. The second-order valence-electron chi connectivity index (χ2n) is 5.03. The summed E-state index contributed by atoms with van der Waals surface area (Å²) in [4.78, 5) is 11.2. The maximum absolute atomic E-state index is 13.0. The number of carbonyl (C=O) groups excluding carboxylic acids is 1. The van der Waals surface area contributed by atoms with Gasteiger partial charge < -0.3 is 15.2 Å². The molecule has 1 rings (SSSR count). The molecule has 0 aromatic heterocycles. The van der Waals surface area contributed by atoms with E-state index in [1.807, 2.05) is 0 Å². The number of carbonyl (C=O) groups is 1. The van der Waals surface area contributed by atoms with Crippen molar-refractivity contribution in [2.24, 2.45) is 0 Å². The normalized spacial score (nSPS) is 14.4. The van der Waals surface area contributed by atoms with E-state index in [1.165, 1.54) is 0 Å². The third-order valence-electron chi connectivity index (χ3n) is 3.04. The van der Waals surface area contributed by atoms with Gasteiger partial charge >= 0.3 is 12.1 Å². The molecule has 1 aromatic rings. The standard InChI is InChI=1S/C15H20F3NO3/c1-2-6-13(20)22-11-14(21,15(16,17)18)10-19-9-12-7-4-3-5-8-12/h3-5,7-8,19,21H,2,6,9-11H2,1H3. The summed E-state index contributed by atoms with van der Waals surface area (Å²) in [6, 6.07) is 8.82. The van der Waals surface area contributed by atoms with Crippen LogP contribution in [0.2, 0.25) is 0 Å². The van der Waals surface area contributed by atoms with E-state index in [2.05, 4.69) is 10.1 Å². The van der Waals surface area contributed by atoms with Crippen LogP contribution in [0.4, 0.5) is 13.2 Å². The highest BCUT2D eigenvalue weighted by atomic mass is 19.4. The summed E-state index contributed by atoms with van der Waals surface area (Å²) in [5, 5.41) is 12.3. The van der Waals surface area contributed by atoms with Gasteiger partial charge in [-0.25, -0.2) is 0 Å². The predicted molar refractivity (Wildman–Crippen MR) is 75.0 cm³/mol. The molecule has 0 radical (unpaired) electrons. The van der Waals surface area contributed by atoms with Gasteiger partial charge in [-0.2, -0.15) is 13.2 Å². The van der Waals surface area contributed by atoms with Crippen LogP contribution in [0, 0.1) is 0 Å². The van der Waals surface area contributed by atoms with E-state index < -0.39 is 30.9 Å². The van der Waals surface area contributed by atoms with Gasteiger partial charge in [0.1, 0.15) is 6.61 Å². The van der Waals surface area contributed by atoms with Crippen molar-refractivity contribution in [1.82, 2.24) is 5.32 Å². The van der Waals surface area contributed by atoms with Gasteiger partial charge in [-0.3, -0.25) is 4.79 Å². The highest BCUT2D eigenvalue weighted by molar-refractivity contribution is 5.69. The largest absolute Gasteiger partial charge is 0.462 e. The highest BCUT2D eigenvalue weighted by Gasteiger charge is 2.54. The summed E-state index contributed by atoms with van der Waals surface area (Å²) < 4.78 is 43.5. The predicted octanol–water partition coefficient (Wildman–Crippen LogP) is 2.41. The second kappa shape index (κ2) is 8.14. The molecule has 0 aliphatic rings. The Bertz CT molecular complexity index is 465. The molecular formula is C15H20F3NO3. The van der Waals surface area contributed by atoms with Crippen molar-refractivity contribution in [2.45, 2.75) is 38.1 Å². The second-order valence-corrected chi connectivity index (χ2v) is 5.03. The molecule has 22 heavy (non-hydrogen) atoms. The molecule has 0 fully saturated rings. The average Bonchev–Trinajstić information content (AvgIpc) is 2.45. The van der Waals surface area contributed by atoms with Gasteiger partial charge in [0.15, 0.2) is 0 Å². The SMILES string of the molecule is CCCC(=O)OCC(O)(CNCc1ccccc1)C(F)(F)F. The summed E-state index contributed by atoms with van der Waals surface area (Å²) in [5.41, 5.74) is -2.32. The molecule has 0 aliphatic heterocycles. The van der Waals surface area contributed by atoms with Gasteiger partial charge in [0.25, 0.3) is 0 Å². The number of hydrogen-bond acceptors (Lipinski definition) is 4. The van der Waals surface area contributed by atoms with Gasteiger partial charge in [0, 0.05) is 19.5 Å². The minimum Gasteiger partial charge on any atom is -0.462 e. The van der Waals surface area contributed by atoms with Gasteiger partial charge in [-0.15, -0.1) is 0 Å². The fourth-order valence-corrected chi connectivity index (χ4v) is 1.72. The lowest BCUT2D eigenvalue weighted by molar-refractivity contribution is -0.270. The van der Waals surface area contributed by atoms with Crippen molar-refractivity contribution in [1.29, 1.82) is 0 Å². The van der Waals surface area contributed by atoms with Crippen LogP contribution in [-0.2, 0) is 16.1 Å². The number of esters is 1. The number of benzene rings is 1. The minimum absolute atomic E-state index is 0.0192. The van der Waals surface area contributed by atoms with Crippen molar-refractivity contribution >= 4 is 5.97 Å². The maximum atomic E-state index is 13.0. The number of rotatable bonds is 8. The quantitative estimate of drug-likeness (QED) is 0.723. The van der Waals surface area contributed by atoms with Crippen molar-refractivity contribution < 1.29 is 27.8 Å². The van der Waals surface area contributed by atoms with E-state index >= 15 is 0 Å². The summed E-state index contributed by atoms with van der Waals surface area (Å²) >= 11 is 0. The number of hydrogen-bond donors (Lipinski definition) is 2. The minimum atomic E-state index is -4.90. The Hall–Kier alpha value is -1.60. The van der Waals surface area contributed by atoms with E-state index in [1.54, 1.807) is 37.3 Å². The molecule has 124 valence electrons. The Morgan fingerprint density at radius 3 is 2.45 bits per heavy atom. The van der Waals surface area contributed by atoms with Crippen LogP contribution >= 0.6 is 0 Å². The first-order chi connectivity index (χ1) is 10.3. The highest BCUT2D eigenvalue weighted by Crippen LogP contribution is 2.30. The Balaban J connectivity index is 2.58. The van der Waals surface area contributed by atoms with Gasteiger partial charge in [-0.1, -0.05) is 37.3 Å². The van der Waals surface area contributed by atoms with Gasteiger partial charge in [-0.05, 0) is 12.0 Å². The van der Waals surface area contributed by atoms with Gasteiger partial charge in [0.2, 0.25) is 5.60 Å². The molecule has 0 amide bonds. The summed E-state index contributed by atoms with van der Waals surface area (Å²) in [5.74, 6) is -0.756. The van der Waals surface area contributed by atoms with E-state index in [4.69, 9.17) is 0 Å². The fraction of sp³-hybridized carbons (Fsp3) is 0.533. The van der Waals surface area contributed by atoms with E-state index in [0.717, 1.165) is 5.56 Å². The van der Waals surface area contributed by atoms with Crippen LogP contribution < -0.4 is 5.32 Å². The Morgan fingerprint density at radius 1 is 1.27 bits per heavy atom. The first-order valence-electron chi connectivity index (χ1n) is 6.98. The lowest BCUT2D eigenvalue weighted by Crippen LogP contribution is -2.56. The fourth-order valence-electron chi connectivity index (χ4n) is 1.72. The molecule has 1 atom stereocenters. The first kappa shape index (κ1) is 18.4. The summed E-state index contributed by atoms with van der Waals surface area (Å²) in [7, 11) is 0. The van der Waals surface area contributed by atoms with Gasteiger partial charge in [0.05, 0.1) is 0 Å². The number of ether oxygens (including phenoxy) is 1. The third-order valence-corrected chi connectivity index (χ3v) is 3.04. The Labute approximate surface area is 127 Å². The zero-order valence-electron chi connectivity index (χ0n) is 12.3. The van der Waals surface area contributed by atoms with E-state index in [9.17, 15) is 23.1 Å². The molecule has 7 heteroatoms. The first-order valence-corrected chi connectivity index (χ1v) is 6.98. The van der Waals surface area contributed by atoms with Crippen LogP contribution in [0.15, 0.2) is 30.3 Å². The number of nitrogens with one attached hydrogen (secondary N) is 1.